The number of nitrogens with zero attached hydrogens (tertiary/aromatic N) is 3. The van der Waals surface area contributed by atoms with Gasteiger partial charge in [-0.25, -0.2) is 0 Å². The summed E-state index contributed by atoms with van der Waals surface area (Å²) in [6.07, 6.45) is 2.38. The first-order chi connectivity index (χ1) is 14.9. The maximum atomic E-state index is 13.2. The lowest BCUT2D eigenvalue weighted by Crippen LogP contribution is -2.53. The molecule has 0 bridgehead atoms. The second kappa shape index (κ2) is 8.70. The van der Waals surface area contributed by atoms with Crippen molar-refractivity contribution < 1.29 is 14.5 Å². The molecule has 31 heavy (non-hydrogen) atoms. The summed E-state index contributed by atoms with van der Waals surface area (Å²) in [5.74, 6) is 0.786. The molecule has 2 aromatic carbocycles. The highest BCUT2D eigenvalue weighted by atomic mass is 32.2. The van der Waals surface area contributed by atoms with Crippen LogP contribution >= 0.6 is 11.8 Å². The average molecular weight is 440 g/mol. The predicted molar refractivity (Wildman–Crippen MR) is 120 cm³/mol. The van der Waals surface area contributed by atoms with E-state index in [2.05, 4.69) is 6.92 Å². The third-order valence-corrected chi connectivity index (χ3v) is 7.74. The number of aryl methyl sites for hydroxylation is 1. The number of carbonyl (C=O) groups is 2. The highest BCUT2D eigenvalue weighted by Crippen LogP contribution is 2.44. The number of nitro groups is 1. The number of likely N-dealkylation sites (tertiary alicyclic amines) is 1. The number of thioether (sulfide) groups is 1. The summed E-state index contributed by atoms with van der Waals surface area (Å²) in [4.78, 5) is 39.9. The van der Waals surface area contributed by atoms with Crippen molar-refractivity contribution in [2.75, 3.05) is 25.4 Å². The highest BCUT2D eigenvalue weighted by Gasteiger charge is 2.47. The second-order valence-corrected chi connectivity index (χ2v) is 9.35. The normalized spacial score (nSPS) is 17.7. The monoisotopic (exact) mass is 439 g/mol. The van der Waals surface area contributed by atoms with Gasteiger partial charge in [-0.1, -0.05) is 19.1 Å². The van der Waals surface area contributed by atoms with E-state index in [9.17, 15) is 19.7 Å². The standard InChI is InChI=1S/C23H25N3O4S/c1-2-17-3-5-18(6-4-17)21(27)24-13-11-23(12-14-24)25(15-16-31-23)22(28)19-7-9-20(10-8-19)26(29)30/h3-10H,2,11-16H2,1H3. The van der Waals surface area contributed by atoms with Crippen molar-refractivity contribution in [3.05, 3.63) is 75.3 Å². The summed E-state index contributed by atoms with van der Waals surface area (Å²) in [6.45, 7) is 3.94. The molecule has 4 rings (SSSR count). The molecule has 7 nitrogen and oxygen atoms in total. The largest absolute Gasteiger partial charge is 0.338 e. The van der Waals surface area contributed by atoms with E-state index in [1.807, 2.05) is 34.1 Å². The van der Waals surface area contributed by atoms with Gasteiger partial charge in [-0.2, -0.15) is 0 Å². The number of carbonyl (C=O) groups excluding carboxylic acids is 2. The van der Waals surface area contributed by atoms with E-state index in [-0.39, 0.29) is 22.4 Å². The fourth-order valence-corrected chi connectivity index (χ4v) is 5.77. The molecule has 0 atom stereocenters. The molecular formula is C23H25N3O4S. The van der Waals surface area contributed by atoms with Gasteiger partial charge < -0.3 is 9.80 Å². The van der Waals surface area contributed by atoms with Crippen LogP contribution in [0.25, 0.3) is 0 Å². The van der Waals surface area contributed by atoms with Gasteiger partial charge in [0.1, 0.15) is 0 Å². The van der Waals surface area contributed by atoms with Gasteiger partial charge >= 0.3 is 0 Å². The third-order valence-electron chi connectivity index (χ3n) is 6.19. The summed E-state index contributed by atoms with van der Waals surface area (Å²) in [6, 6.07) is 13.6. The molecule has 2 amide bonds. The van der Waals surface area contributed by atoms with Crippen LogP contribution in [0.4, 0.5) is 5.69 Å². The van der Waals surface area contributed by atoms with Crippen LogP contribution in [-0.4, -0.2) is 56.8 Å². The maximum absolute atomic E-state index is 13.2. The number of benzene rings is 2. The molecule has 1 spiro atoms. The van der Waals surface area contributed by atoms with Gasteiger partial charge in [0.15, 0.2) is 0 Å². The number of nitro benzene ring substituents is 1. The smallest absolute Gasteiger partial charge is 0.269 e. The summed E-state index contributed by atoms with van der Waals surface area (Å²) >= 11 is 1.78. The zero-order valence-electron chi connectivity index (χ0n) is 17.5. The van der Waals surface area contributed by atoms with E-state index in [1.54, 1.807) is 11.8 Å². The van der Waals surface area contributed by atoms with E-state index in [4.69, 9.17) is 0 Å². The number of rotatable bonds is 4. The first kappa shape index (κ1) is 21.4. The summed E-state index contributed by atoms with van der Waals surface area (Å²) in [7, 11) is 0. The first-order valence-corrected chi connectivity index (χ1v) is 11.5. The van der Waals surface area contributed by atoms with Crippen LogP contribution in [0.2, 0.25) is 0 Å². The molecule has 2 heterocycles. The van der Waals surface area contributed by atoms with E-state index in [0.29, 0.717) is 30.8 Å². The zero-order chi connectivity index (χ0) is 22.0. The average Bonchev–Trinajstić information content (AvgIpc) is 3.21. The molecule has 0 saturated carbocycles. The van der Waals surface area contributed by atoms with Crippen molar-refractivity contribution >= 4 is 29.3 Å². The number of non-ortho nitro benzene ring substituents is 1. The van der Waals surface area contributed by atoms with Crippen LogP contribution in [0.3, 0.4) is 0 Å². The number of amides is 2. The van der Waals surface area contributed by atoms with Gasteiger partial charge in [0.25, 0.3) is 17.5 Å². The van der Waals surface area contributed by atoms with Gasteiger partial charge in [-0.05, 0) is 49.1 Å². The molecule has 2 fully saturated rings. The maximum Gasteiger partial charge on any atom is 0.269 e. The third kappa shape index (κ3) is 4.17. The van der Waals surface area contributed by atoms with Gasteiger partial charge in [0.05, 0.1) is 9.79 Å². The van der Waals surface area contributed by atoms with Crippen molar-refractivity contribution in [2.24, 2.45) is 0 Å². The van der Waals surface area contributed by atoms with Gasteiger partial charge in [0, 0.05) is 48.6 Å². The Morgan fingerprint density at radius 3 is 2.13 bits per heavy atom. The van der Waals surface area contributed by atoms with Crippen LogP contribution < -0.4 is 0 Å². The Balaban J connectivity index is 1.44. The lowest BCUT2D eigenvalue weighted by molar-refractivity contribution is -0.384. The SMILES string of the molecule is CCc1ccc(C(=O)N2CCC3(CC2)SCCN3C(=O)c2ccc([N+](=O)[O-])cc2)cc1. The minimum absolute atomic E-state index is 0.0270. The minimum atomic E-state index is -0.468. The predicted octanol–water partition coefficient (Wildman–Crippen LogP) is 3.98. The zero-order valence-corrected chi connectivity index (χ0v) is 18.3. The van der Waals surface area contributed by atoms with Crippen molar-refractivity contribution in [2.45, 2.75) is 31.1 Å². The Labute approximate surface area is 185 Å². The van der Waals surface area contributed by atoms with E-state index in [0.717, 1.165) is 25.0 Å². The van der Waals surface area contributed by atoms with Gasteiger partial charge in [-0.15, -0.1) is 11.8 Å². The molecule has 0 N–H and O–H groups in total. The van der Waals surface area contributed by atoms with Crippen molar-refractivity contribution in [3.63, 3.8) is 0 Å². The molecule has 8 heteroatoms. The molecule has 2 saturated heterocycles. The number of piperidine rings is 1. The van der Waals surface area contributed by atoms with Gasteiger partial charge in [0.2, 0.25) is 0 Å². The van der Waals surface area contributed by atoms with Crippen molar-refractivity contribution in [1.82, 2.24) is 9.80 Å². The Kier molecular flexibility index (Phi) is 6.00. The summed E-state index contributed by atoms with van der Waals surface area (Å²) < 4.78 is 0. The van der Waals surface area contributed by atoms with Crippen molar-refractivity contribution in [1.29, 1.82) is 0 Å². The second-order valence-electron chi connectivity index (χ2n) is 7.90. The molecule has 0 aromatic heterocycles. The molecule has 0 aliphatic carbocycles. The molecule has 2 aromatic rings. The Bertz CT molecular complexity index is 983. The fraction of sp³-hybridized carbons (Fsp3) is 0.391. The summed E-state index contributed by atoms with van der Waals surface area (Å²) in [5, 5.41) is 10.9. The van der Waals surface area contributed by atoms with E-state index >= 15 is 0 Å². The van der Waals surface area contributed by atoms with Crippen LogP contribution in [0, 0.1) is 10.1 Å². The fourth-order valence-electron chi connectivity index (χ4n) is 4.32. The van der Waals surface area contributed by atoms with E-state index in [1.165, 1.54) is 29.8 Å². The van der Waals surface area contributed by atoms with Crippen LogP contribution in [0.15, 0.2) is 48.5 Å². The van der Waals surface area contributed by atoms with E-state index < -0.39 is 4.92 Å². The lowest BCUT2D eigenvalue weighted by atomic mass is 9.99. The summed E-state index contributed by atoms with van der Waals surface area (Å²) in [5.41, 5.74) is 2.34. The van der Waals surface area contributed by atoms with Crippen LogP contribution in [-0.2, 0) is 6.42 Å². The number of hydrogen-bond acceptors (Lipinski definition) is 5. The van der Waals surface area contributed by atoms with Gasteiger partial charge in [-0.3, -0.25) is 19.7 Å². The Morgan fingerprint density at radius 2 is 1.55 bits per heavy atom. The topological polar surface area (TPSA) is 83.8 Å². The molecule has 0 unspecified atom stereocenters. The lowest BCUT2D eigenvalue weighted by Gasteiger charge is -2.44. The van der Waals surface area contributed by atoms with Crippen molar-refractivity contribution in [3.8, 4) is 0 Å². The minimum Gasteiger partial charge on any atom is -0.338 e. The Morgan fingerprint density at radius 1 is 0.968 bits per heavy atom. The molecule has 2 aliphatic rings. The quantitative estimate of drug-likeness (QED) is 0.532. The Hall–Kier alpha value is -2.87. The molecular weight excluding hydrogens is 414 g/mol. The number of hydrogen-bond donors (Lipinski definition) is 0. The molecule has 162 valence electrons. The highest BCUT2D eigenvalue weighted by molar-refractivity contribution is 8.00. The van der Waals surface area contributed by atoms with Crippen LogP contribution in [0.5, 0.6) is 0 Å². The first-order valence-electron chi connectivity index (χ1n) is 10.5. The molecule has 0 radical (unpaired) electrons. The molecule has 2 aliphatic heterocycles. The van der Waals surface area contributed by atoms with Crippen LogP contribution in [0.1, 0.15) is 46.0 Å².